The molecule has 7 heteroatoms. The Kier molecular flexibility index (Phi) is 4.04. The summed E-state index contributed by atoms with van der Waals surface area (Å²) in [7, 11) is 0. The smallest absolute Gasteiger partial charge is 0.249 e. The molecule has 0 saturated carbocycles. The number of benzene rings is 1. The molecule has 2 amide bonds. The second-order valence-electron chi connectivity index (χ2n) is 4.62. The summed E-state index contributed by atoms with van der Waals surface area (Å²) in [6.45, 7) is 0.289. The van der Waals surface area contributed by atoms with E-state index < -0.39 is 6.04 Å². The highest BCUT2D eigenvalue weighted by molar-refractivity contribution is 6.01. The fourth-order valence-corrected chi connectivity index (χ4v) is 2.37. The maximum atomic E-state index is 13.7. The van der Waals surface area contributed by atoms with Gasteiger partial charge in [0.15, 0.2) is 0 Å². The Morgan fingerprint density at radius 2 is 2.15 bits per heavy atom. The van der Waals surface area contributed by atoms with E-state index in [0.29, 0.717) is 24.1 Å². The van der Waals surface area contributed by atoms with Crippen molar-refractivity contribution in [3.63, 3.8) is 0 Å². The second kappa shape index (κ2) is 5.58. The van der Waals surface area contributed by atoms with Crippen molar-refractivity contribution in [3.05, 3.63) is 29.6 Å². The predicted molar refractivity (Wildman–Crippen MR) is 73.5 cm³/mol. The Morgan fingerprint density at radius 1 is 1.35 bits per heavy atom. The van der Waals surface area contributed by atoms with E-state index >= 15 is 0 Å². The summed E-state index contributed by atoms with van der Waals surface area (Å²) >= 11 is 0. The molecule has 2 aliphatic rings. The summed E-state index contributed by atoms with van der Waals surface area (Å²) in [5.74, 6) is -0.934. The topological polar surface area (TPSA) is 61.8 Å². The van der Waals surface area contributed by atoms with Gasteiger partial charge in [0.05, 0.1) is 12.0 Å². The molecule has 1 unspecified atom stereocenters. The number of amides is 2. The van der Waals surface area contributed by atoms with Crippen LogP contribution in [0.5, 0.6) is 0 Å². The van der Waals surface area contributed by atoms with Crippen LogP contribution in [0.3, 0.4) is 0 Å². The lowest BCUT2D eigenvalue weighted by atomic mass is 10.0. The van der Waals surface area contributed by atoms with Crippen molar-refractivity contribution in [2.75, 3.05) is 0 Å². The Labute approximate surface area is 121 Å². The zero-order valence-electron chi connectivity index (χ0n) is 10.5. The molecule has 5 nitrogen and oxygen atoms in total. The third-order valence-electron chi connectivity index (χ3n) is 3.39. The average molecular weight is 298 g/mol. The molecule has 0 spiro atoms. The molecule has 1 fully saturated rings. The molecule has 1 aromatic rings. The summed E-state index contributed by atoms with van der Waals surface area (Å²) in [6, 6.07) is 4.25. The lowest BCUT2D eigenvalue weighted by Crippen LogP contribution is -2.52. The van der Waals surface area contributed by atoms with Gasteiger partial charge in [-0.15, -0.1) is 12.4 Å². The number of halogens is 2. The molecule has 1 atom stereocenters. The van der Waals surface area contributed by atoms with Gasteiger partial charge in [-0.1, -0.05) is 6.07 Å². The highest BCUT2D eigenvalue weighted by Crippen LogP contribution is 2.28. The number of imide groups is 1. The minimum absolute atomic E-state index is 0. The van der Waals surface area contributed by atoms with E-state index in [1.165, 1.54) is 6.07 Å². The van der Waals surface area contributed by atoms with Crippen LogP contribution in [0.25, 0.3) is 0 Å². The maximum Gasteiger partial charge on any atom is 0.249 e. The van der Waals surface area contributed by atoms with Crippen LogP contribution < -0.4 is 5.32 Å². The summed E-state index contributed by atoms with van der Waals surface area (Å²) in [4.78, 5) is 28.7. The first-order chi connectivity index (χ1) is 9.15. The summed E-state index contributed by atoms with van der Waals surface area (Å²) in [5.41, 5.74) is 1.07. The second-order valence-corrected chi connectivity index (χ2v) is 4.62. The zero-order chi connectivity index (χ0) is 13.4. The van der Waals surface area contributed by atoms with Crippen molar-refractivity contribution in [2.24, 2.45) is 4.99 Å². The molecule has 0 aliphatic carbocycles. The Balaban J connectivity index is 0.00000147. The first-order valence-electron chi connectivity index (χ1n) is 6.06. The lowest BCUT2D eigenvalue weighted by molar-refractivity contribution is -0.136. The van der Waals surface area contributed by atoms with Gasteiger partial charge in [-0.25, -0.2) is 9.38 Å². The molecule has 106 valence electrons. The van der Waals surface area contributed by atoms with Crippen molar-refractivity contribution in [2.45, 2.75) is 25.4 Å². The fourth-order valence-electron chi connectivity index (χ4n) is 2.37. The number of rotatable bonds is 1. The number of piperidine rings is 1. The van der Waals surface area contributed by atoms with Crippen LogP contribution in [-0.2, 0) is 16.1 Å². The Hall–Kier alpha value is -1.95. The standard InChI is InChI=1S/C13H12FN3O2.ClH/c14-9-2-1-3-10-8(9)6-17(7-15-10)11-4-5-12(18)16-13(11)19;/h1-3,7,11H,4-6H2,(H,16,18,19);1H. The monoisotopic (exact) mass is 297 g/mol. The van der Waals surface area contributed by atoms with Gasteiger partial charge in [0, 0.05) is 18.5 Å². The third-order valence-corrected chi connectivity index (χ3v) is 3.39. The van der Waals surface area contributed by atoms with E-state index in [2.05, 4.69) is 10.3 Å². The average Bonchev–Trinajstić information content (AvgIpc) is 2.39. The quantitative estimate of drug-likeness (QED) is 0.800. The number of nitrogens with one attached hydrogen (secondary N) is 1. The molecular weight excluding hydrogens is 285 g/mol. The van der Waals surface area contributed by atoms with Gasteiger partial charge >= 0.3 is 0 Å². The molecule has 1 N–H and O–H groups in total. The highest BCUT2D eigenvalue weighted by atomic mass is 35.5. The zero-order valence-corrected chi connectivity index (χ0v) is 11.3. The van der Waals surface area contributed by atoms with E-state index in [-0.39, 0.29) is 36.6 Å². The van der Waals surface area contributed by atoms with Gasteiger partial charge in [-0.3, -0.25) is 14.9 Å². The number of hydrogen-bond acceptors (Lipinski definition) is 4. The van der Waals surface area contributed by atoms with Gasteiger partial charge in [-0.05, 0) is 18.6 Å². The van der Waals surface area contributed by atoms with Crippen LogP contribution in [0.15, 0.2) is 23.2 Å². The summed E-state index contributed by atoms with van der Waals surface area (Å²) in [6.07, 6.45) is 2.27. The fraction of sp³-hybridized carbons (Fsp3) is 0.308. The Bertz CT molecular complexity index is 591. The molecule has 2 heterocycles. The van der Waals surface area contributed by atoms with Gasteiger partial charge in [-0.2, -0.15) is 0 Å². The molecule has 3 rings (SSSR count). The van der Waals surface area contributed by atoms with Crippen molar-refractivity contribution in [1.29, 1.82) is 0 Å². The first-order valence-corrected chi connectivity index (χ1v) is 6.06. The minimum atomic E-state index is -0.464. The van der Waals surface area contributed by atoms with Crippen LogP contribution in [-0.4, -0.2) is 29.1 Å². The van der Waals surface area contributed by atoms with E-state index in [0.717, 1.165) is 0 Å². The number of carbonyl (C=O) groups is 2. The Morgan fingerprint density at radius 3 is 2.90 bits per heavy atom. The van der Waals surface area contributed by atoms with Crippen LogP contribution >= 0.6 is 12.4 Å². The number of carbonyl (C=O) groups excluding carboxylic acids is 2. The summed E-state index contributed by atoms with van der Waals surface area (Å²) in [5, 5.41) is 2.29. The van der Waals surface area contributed by atoms with Gasteiger partial charge in [0.1, 0.15) is 11.9 Å². The molecule has 20 heavy (non-hydrogen) atoms. The van der Waals surface area contributed by atoms with Crippen LogP contribution in [0, 0.1) is 5.82 Å². The van der Waals surface area contributed by atoms with Crippen molar-refractivity contribution in [1.82, 2.24) is 10.2 Å². The predicted octanol–water partition coefficient (Wildman–Crippen LogP) is 1.53. The maximum absolute atomic E-state index is 13.7. The third kappa shape index (κ3) is 2.51. The van der Waals surface area contributed by atoms with Crippen molar-refractivity contribution >= 4 is 36.2 Å². The largest absolute Gasteiger partial charge is 0.346 e. The van der Waals surface area contributed by atoms with E-state index in [9.17, 15) is 14.0 Å². The van der Waals surface area contributed by atoms with Gasteiger partial charge < -0.3 is 4.90 Å². The van der Waals surface area contributed by atoms with Crippen LogP contribution in [0.2, 0.25) is 0 Å². The van der Waals surface area contributed by atoms with Gasteiger partial charge in [0.25, 0.3) is 0 Å². The van der Waals surface area contributed by atoms with Crippen molar-refractivity contribution < 1.29 is 14.0 Å². The summed E-state index contributed by atoms with van der Waals surface area (Å²) < 4.78 is 13.7. The molecule has 1 saturated heterocycles. The van der Waals surface area contributed by atoms with Crippen molar-refractivity contribution in [3.8, 4) is 0 Å². The van der Waals surface area contributed by atoms with E-state index in [1.54, 1.807) is 23.4 Å². The molecule has 0 bridgehead atoms. The van der Waals surface area contributed by atoms with Crippen LogP contribution in [0.4, 0.5) is 10.1 Å². The van der Waals surface area contributed by atoms with E-state index in [4.69, 9.17) is 0 Å². The minimum Gasteiger partial charge on any atom is -0.346 e. The number of nitrogens with zero attached hydrogens (tertiary/aromatic N) is 2. The van der Waals surface area contributed by atoms with E-state index in [1.807, 2.05) is 0 Å². The lowest BCUT2D eigenvalue weighted by Gasteiger charge is -2.33. The number of hydrogen-bond donors (Lipinski definition) is 1. The SMILES string of the molecule is Cl.O=C1CCC(N2C=Nc3cccc(F)c3C2)C(=O)N1. The molecule has 1 aromatic carbocycles. The van der Waals surface area contributed by atoms with Gasteiger partial charge in [0.2, 0.25) is 11.8 Å². The first kappa shape index (κ1) is 14.5. The molecular formula is C13H13ClFN3O2. The van der Waals surface area contributed by atoms with Crippen LogP contribution in [0.1, 0.15) is 18.4 Å². The highest BCUT2D eigenvalue weighted by Gasteiger charge is 2.32. The number of fused-ring (bicyclic) bond motifs is 1. The molecule has 0 radical (unpaired) electrons. The number of aliphatic imine (C=N–C) groups is 1. The molecule has 2 aliphatic heterocycles. The normalized spacial score (nSPS) is 21.1. The molecule has 0 aromatic heterocycles.